The Morgan fingerprint density at radius 2 is 1.90 bits per heavy atom. The molecule has 2 atom stereocenters. The fourth-order valence-electron chi connectivity index (χ4n) is 7.02. The number of fused-ring (bicyclic) bond motifs is 2. The molecule has 2 unspecified atom stereocenters. The summed E-state index contributed by atoms with van der Waals surface area (Å²) in [5.74, 6) is 0.882. The van der Waals surface area contributed by atoms with E-state index in [0.29, 0.717) is 41.3 Å². The molecule has 1 aromatic heterocycles. The first kappa shape index (κ1) is 19.0. The summed E-state index contributed by atoms with van der Waals surface area (Å²) in [6.07, 6.45) is 6.37. The molecule has 0 saturated heterocycles. The normalized spacial score (nSPS) is 32.8. The Hall–Kier alpha value is -2.74. The van der Waals surface area contributed by atoms with Gasteiger partial charge in [-0.2, -0.15) is 0 Å². The molecule has 7 rings (SSSR count). The third-order valence-electron chi connectivity index (χ3n) is 7.88. The zero-order valence-electron chi connectivity index (χ0n) is 17.3. The van der Waals surface area contributed by atoms with Gasteiger partial charge in [-0.05, 0) is 75.0 Å². The number of aryl methyl sites for hydroxylation is 1. The minimum atomic E-state index is -0.732. The summed E-state index contributed by atoms with van der Waals surface area (Å²) in [6.45, 7) is 0.684. The topological polar surface area (TPSA) is 113 Å². The second-order valence-electron chi connectivity index (χ2n) is 10.2. The Labute approximate surface area is 179 Å². The summed E-state index contributed by atoms with van der Waals surface area (Å²) >= 11 is 0. The average molecular weight is 422 g/mol. The van der Waals surface area contributed by atoms with Crippen molar-refractivity contribution in [1.29, 1.82) is 0 Å². The number of hydrazine groups is 1. The van der Waals surface area contributed by atoms with Crippen molar-refractivity contribution in [2.24, 2.45) is 17.3 Å². The van der Waals surface area contributed by atoms with E-state index in [-0.39, 0.29) is 11.5 Å². The highest BCUT2D eigenvalue weighted by Gasteiger charge is 2.60. The minimum Gasteiger partial charge on any atom is -0.390 e. The van der Waals surface area contributed by atoms with Gasteiger partial charge in [0.1, 0.15) is 5.82 Å². The number of benzene rings is 1. The highest BCUT2D eigenvalue weighted by Crippen LogP contribution is 2.61. The number of rotatable bonds is 2. The Morgan fingerprint density at radius 1 is 1.13 bits per heavy atom. The van der Waals surface area contributed by atoms with Gasteiger partial charge < -0.3 is 5.11 Å². The van der Waals surface area contributed by atoms with Gasteiger partial charge in [0.2, 0.25) is 5.91 Å². The van der Waals surface area contributed by atoms with E-state index in [9.17, 15) is 19.5 Å². The molecule has 1 aromatic carbocycles. The molecular formula is C23H26N4O4. The maximum absolute atomic E-state index is 13.1. The number of aliphatic hydroxyl groups is 1. The summed E-state index contributed by atoms with van der Waals surface area (Å²) in [5.41, 5.74) is 4.60. The van der Waals surface area contributed by atoms with Crippen LogP contribution in [-0.4, -0.2) is 32.1 Å². The number of nitrogens with one attached hydrogen (secondary N) is 2. The zero-order chi connectivity index (χ0) is 21.4. The highest BCUT2D eigenvalue weighted by atomic mass is 16.3. The van der Waals surface area contributed by atoms with Gasteiger partial charge in [-0.1, -0.05) is 0 Å². The summed E-state index contributed by atoms with van der Waals surface area (Å²) in [6, 6.07) is 4.81. The Kier molecular flexibility index (Phi) is 3.91. The van der Waals surface area contributed by atoms with Crippen LogP contribution < -0.4 is 16.4 Å². The number of nitrogens with zero attached hydrogens (tertiary/aromatic N) is 2. The fraction of sp³-hybridized carbons (Fsp3) is 0.565. The van der Waals surface area contributed by atoms with Gasteiger partial charge in [0.25, 0.3) is 11.5 Å². The summed E-state index contributed by atoms with van der Waals surface area (Å²) in [5, 5.41) is 11.4. The first-order valence-corrected chi connectivity index (χ1v) is 11.2. The van der Waals surface area contributed by atoms with Gasteiger partial charge in [0.15, 0.2) is 0 Å². The average Bonchev–Trinajstić information content (AvgIpc) is 3.18. The van der Waals surface area contributed by atoms with Crippen molar-refractivity contribution in [2.45, 2.75) is 63.5 Å². The van der Waals surface area contributed by atoms with Crippen molar-refractivity contribution in [3.8, 4) is 0 Å². The smallest absolute Gasteiger partial charge is 0.269 e. The van der Waals surface area contributed by atoms with Gasteiger partial charge in [0.05, 0.1) is 21.9 Å². The molecule has 8 heteroatoms. The van der Waals surface area contributed by atoms with Crippen LogP contribution in [0.1, 0.15) is 61.1 Å². The van der Waals surface area contributed by atoms with Gasteiger partial charge >= 0.3 is 0 Å². The van der Waals surface area contributed by atoms with Crippen LogP contribution >= 0.6 is 0 Å². The van der Waals surface area contributed by atoms with Crippen LogP contribution in [0.2, 0.25) is 0 Å². The van der Waals surface area contributed by atoms with Crippen LogP contribution in [0.15, 0.2) is 23.0 Å². The largest absolute Gasteiger partial charge is 0.390 e. The van der Waals surface area contributed by atoms with Crippen LogP contribution in [0, 0.1) is 17.3 Å². The maximum atomic E-state index is 13.1. The zero-order valence-corrected chi connectivity index (χ0v) is 17.3. The minimum absolute atomic E-state index is 0.0718. The lowest BCUT2D eigenvalue weighted by molar-refractivity contribution is -0.178. The number of hydrogen-bond donors (Lipinski definition) is 3. The molecule has 4 saturated carbocycles. The van der Waals surface area contributed by atoms with E-state index in [1.54, 1.807) is 22.8 Å². The number of hydrogen-bond acceptors (Lipinski definition) is 5. The number of carbonyl (C=O) groups is 2. The third kappa shape index (κ3) is 2.91. The molecule has 5 aliphatic rings. The van der Waals surface area contributed by atoms with Crippen LogP contribution in [0.5, 0.6) is 0 Å². The molecule has 4 aliphatic carbocycles. The number of aromatic nitrogens is 2. The van der Waals surface area contributed by atoms with Crippen molar-refractivity contribution in [1.82, 2.24) is 20.4 Å². The summed E-state index contributed by atoms with van der Waals surface area (Å²) in [4.78, 5) is 42.9. The predicted octanol–water partition coefficient (Wildman–Crippen LogP) is 1.43. The van der Waals surface area contributed by atoms with E-state index in [0.717, 1.165) is 50.8 Å². The molecule has 4 fully saturated rings. The van der Waals surface area contributed by atoms with Gasteiger partial charge in [0, 0.05) is 18.5 Å². The van der Waals surface area contributed by atoms with Crippen molar-refractivity contribution < 1.29 is 14.7 Å². The maximum Gasteiger partial charge on any atom is 0.269 e. The third-order valence-corrected chi connectivity index (χ3v) is 7.88. The highest BCUT2D eigenvalue weighted by molar-refractivity contribution is 5.98. The van der Waals surface area contributed by atoms with Crippen molar-refractivity contribution in [2.75, 3.05) is 0 Å². The van der Waals surface area contributed by atoms with Crippen LogP contribution in [-0.2, 0) is 17.8 Å². The Bertz CT molecular complexity index is 1170. The lowest BCUT2D eigenvalue weighted by Gasteiger charge is -2.59. The monoisotopic (exact) mass is 422 g/mol. The summed E-state index contributed by atoms with van der Waals surface area (Å²) in [7, 11) is 0. The van der Waals surface area contributed by atoms with Crippen molar-refractivity contribution in [3.05, 3.63) is 39.9 Å². The molecular weight excluding hydrogens is 396 g/mol. The molecule has 3 N–H and O–H groups in total. The van der Waals surface area contributed by atoms with E-state index in [1.165, 1.54) is 0 Å². The molecule has 31 heavy (non-hydrogen) atoms. The van der Waals surface area contributed by atoms with Crippen molar-refractivity contribution >= 4 is 22.7 Å². The Morgan fingerprint density at radius 3 is 2.65 bits per heavy atom. The lowest BCUT2D eigenvalue weighted by atomic mass is 9.47. The molecule has 8 nitrogen and oxygen atoms in total. The van der Waals surface area contributed by atoms with E-state index < -0.39 is 16.9 Å². The molecule has 2 amide bonds. The van der Waals surface area contributed by atoms with Crippen LogP contribution in [0.4, 0.5) is 0 Å². The quantitative estimate of drug-likeness (QED) is 0.634. The van der Waals surface area contributed by atoms with Crippen LogP contribution in [0.3, 0.4) is 0 Å². The molecule has 0 radical (unpaired) electrons. The molecule has 0 spiro atoms. The predicted molar refractivity (Wildman–Crippen MR) is 112 cm³/mol. The fourth-order valence-corrected chi connectivity index (χ4v) is 7.02. The van der Waals surface area contributed by atoms with Crippen LogP contribution in [0.25, 0.3) is 10.9 Å². The molecule has 2 heterocycles. The van der Waals surface area contributed by atoms with Gasteiger partial charge in [-0.3, -0.25) is 29.8 Å². The first-order chi connectivity index (χ1) is 14.8. The summed E-state index contributed by atoms with van der Waals surface area (Å²) < 4.78 is 1.70. The molecule has 4 bridgehead atoms. The second kappa shape index (κ2) is 6.38. The van der Waals surface area contributed by atoms with Crippen molar-refractivity contribution in [3.63, 3.8) is 0 Å². The van der Waals surface area contributed by atoms with Gasteiger partial charge in [-0.15, -0.1) is 0 Å². The van der Waals surface area contributed by atoms with E-state index in [2.05, 4.69) is 15.8 Å². The molecule has 2 aromatic rings. The first-order valence-electron chi connectivity index (χ1n) is 11.2. The van der Waals surface area contributed by atoms with E-state index in [4.69, 9.17) is 0 Å². The van der Waals surface area contributed by atoms with E-state index in [1.807, 2.05) is 0 Å². The number of carbonyl (C=O) groups excluding carboxylic acids is 2. The van der Waals surface area contributed by atoms with Gasteiger partial charge in [-0.25, -0.2) is 4.98 Å². The standard InChI is InChI=1S/C23H26N4O4/c28-19(15-3-4-16-17(7-15)24-18-2-1-5-27(18)20(16)29)25-26-21(30)22-8-13-6-14(9-22)11-23(31,10-13)12-22/h3-4,7,13-14,31H,1-2,5-6,8-12H2,(H,25,28)(H,26,30). The SMILES string of the molecule is O=C(NNC(=O)C12CC3CC(CC(O)(C3)C1)C2)c1ccc2c(=O)n3c(nc2c1)CCC3. The lowest BCUT2D eigenvalue weighted by Crippen LogP contribution is -2.61. The Balaban J connectivity index is 1.20. The molecule has 1 aliphatic heterocycles. The van der Waals surface area contributed by atoms with E-state index >= 15 is 0 Å². The molecule has 162 valence electrons. The number of amides is 2. The second-order valence-corrected chi connectivity index (χ2v) is 10.2.